The Morgan fingerprint density at radius 3 is 2.43 bits per heavy atom. The van der Waals surface area contributed by atoms with Crippen molar-refractivity contribution in [1.82, 2.24) is 10.2 Å². The van der Waals surface area contributed by atoms with Gasteiger partial charge in [-0.3, -0.25) is 4.79 Å². The molecule has 0 radical (unpaired) electrons. The minimum atomic E-state index is -0.541. The maximum absolute atomic E-state index is 13.1. The molecule has 0 unspecified atom stereocenters. The third-order valence-corrected chi connectivity index (χ3v) is 4.39. The first kappa shape index (κ1) is 15.8. The Balaban J connectivity index is 2.26. The summed E-state index contributed by atoms with van der Waals surface area (Å²) in [5, 5.41) is 3.36. The van der Waals surface area contributed by atoms with Gasteiger partial charge in [0.05, 0.1) is 12.5 Å². The Hall–Kier alpha value is -1.55. The van der Waals surface area contributed by atoms with E-state index in [0.29, 0.717) is 0 Å². The highest BCUT2D eigenvalue weighted by atomic mass is 16.5. The predicted molar refractivity (Wildman–Crippen MR) is 84.7 cm³/mol. The molecule has 1 aromatic rings. The number of rotatable bonds is 3. The highest BCUT2D eigenvalue weighted by molar-refractivity contribution is 5.88. The number of nitrogens with zero attached hydrogens (tertiary/aromatic N) is 1. The van der Waals surface area contributed by atoms with E-state index >= 15 is 0 Å². The van der Waals surface area contributed by atoms with Crippen molar-refractivity contribution < 1.29 is 9.53 Å². The Morgan fingerprint density at radius 2 is 1.90 bits per heavy atom. The minimum Gasteiger partial charge on any atom is -0.497 e. The number of hydrogen-bond acceptors (Lipinski definition) is 3. The number of carbonyl (C=O) groups excluding carboxylic acids is 1. The zero-order valence-electron chi connectivity index (χ0n) is 13.7. The number of ether oxygens (including phenoxy) is 1. The highest BCUT2D eigenvalue weighted by Gasteiger charge is 2.41. The molecular weight excluding hydrogens is 264 g/mol. The van der Waals surface area contributed by atoms with Crippen molar-refractivity contribution in [2.24, 2.45) is 0 Å². The second-order valence-corrected chi connectivity index (χ2v) is 6.80. The van der Waals surface area contributed by atoms with Crippen molar-refractivity contribution in [3.8, 4) is 5.75 Å². The number of amides is 1. The predicted octanol–water partition coefficient (Wildman–Crippen LogP) is 2.18. The van der Waals surface area contributed by atoms with Crippen LogP contribution in [0.2, 0.25) is 0 Å². The molecule has 21 heavy (non-hydrogen) atoms. The van der Waals surface area contributed by atoms with Gasteiger partial charge in [0.25, 0.3) is 0 Å². The first-order chi connectivity index (χ1) is 9.79. The molecule has 0 aliphatic carbocycles. The van der Waals surface area contributed by atoms with Gasteiger partial charge < -0.3 is 15.0 Å². The van der Waals surface area contributed by atoms with E-state index in [4.69, 9.17) is 4.74 Å². The van der Waals surface area contributed by atoms with Crippen LogP contribution in [-0.2, 0) is 10.2 Å². The van der Waals surface area contributed by atoms with Crippen molar-refractivity contribution in [3.63, 3.8) is 0 Å². The molecule has 4 heteroatoms. The highest BCUT2D eigenvalue weighted by Crippen LogP contribution is 2.30. The summed E-state index contributed by atoms with van der Waals surface area (Å²) in [6.45, 7) is 10.7. The van der Waals surface area contributed by atoms with Crippen LogP contribution in [-0.4, -0.2) is 43.1 Å². The molecule has 1 aliphatic rings. The molecule has 0 saturated carbocycles. The lowest BCUT2D eigenvalue weighted by Crippen LogP contribution is -2.62. The van der Waals surface area contributed by atoms with Crippen LogP contribution in [0.3, 0.4) is 0 Å². The van der Waals surface area contributed by atoms with Crippen LogP contribution in [0.25, 0.3) is 0 Å². The molecule has 1 aliphatic heterocycles. The lowest BCUT2D eigenvalue weighted by Gasteiger charge is -2.46. The summed E-state index contributed by atoms with van der Waals surface area (Å²) in [7, 11) is 1.65. The van der Waals surface area contributed by atoms with Gasteiger partial charge in [-0.1, -0.05) is 12.1 Å². The van der Waals surface area contributed by atoms with Crippen LogP contribution < -0.4 is 10.1 Å². The molecule has 0 aromatic heterocycles. The van der Waals surface area contributed by atoms with E-state index in [0.717, 1.165) is 30.9 Å². The lowest BCUT2D eigenvalue weighted by molar-refractivity contribution is -0.143. The van der Waals surface area contributed by atoms with Gasteiger partial charge in [0.15, 0.2) is 0 Å². The zero-order valence-corrected chi connectivity index (χ0v) is 13.7. The van der Waals surface area contributed by atoms with Crippen LogP contribution in [0.1, 0.15) is 33.3 Å². The normalized spacial score (nSPS) is 18.4. The summed E-state index contributed by atoms with van der Waals surface area (Å²) in [4.78, 5) is 15.1. The maximum Gasteiger partial charge on any atom is 0.233 e. The fraction of sp³-hybridized carbons (Fsp3) is 0.588. The summed E-state index contributed by atoms with van der Waals surface area (Å²) in [6.07, 6.45) is 0. The topological polar surface area (TPSA) is 41.6 Å². The molecule has 1 saturated heterocycles. The first-order valence-corrected chi connectivity index (χ1v) is 7.46. The van der Waals surface area contributed by atoms with Gasteiger partial charge in [0.1, 0.15) is 5.75 Å². The van der Waals surface area contributed by atoms with Crippen LogP contribution in [0.5, 0.6) is 5.75 Å². The van der Waals surface area contributed by atoms with Gasteiger partial charge in [-0.2, -0.15) is 0 Å². The summed E-state index contributed by atoms with van der Waals surface area (Å²) < 4.78 is 5.19. The molecule has 0 atom stereocenters. The van der Waals surface area contributed by atoms with E-state index in [9.17, 15) is 4.79 Å². The smallest absolute Gasteiger partial charge is 0.233 e. The number of carbonyl (C=O) groups is 1. The van der Waals surface area contributed by atoms with Gasteiger partial charge in [0, 0.05) is 25.2 Å². The Morgan fingerprint density at radius 1 is 1.29 bits per heavy atom. The van der Waals surface area contributed by atoms with Crippen molar-refractivity contribution >= 4 is 5.91 Å². The molecule has 1 amide bonds. The van der Waals surface area contributed by atoms with Crippen molar-refractivity contribution in [3.05, 3.63) is 29.8 Å². The Labute approximate surface area is 127 Å². The molecule has 1 aromatic carbocycles. The lowest BCUT2D eigenvalue weighted by atomic mass is 9.81. The number of hydrogen-bond donors (Lipinski definition) is 1. The van der Waals surface area contributed by atoms with Gasteiger partial charge in [-0.15, -0.1) is 0 Å². The molecule has 0 bridgehead atoms. The van der Waals surface area contributed by atoms with Crippen molar-refractivity contribution in [1.29, 1.82) is 0 Å². The van der Waals surface area contributed by atoms with Crippen LogP contribution in [0.15, 0.2) is 24.3 Å². The van der Waals surface area contributed by atoms with E-state index in [1.165, 1.54) is 0 Å². The second kappa shape index (κ2) is 5.68. The quantitative estimate of drug-likeness (QED) is 0.928. The third-order valence-electron chi connectivity index (χ3n) is 4.39. The average molecular weight is 290 g/mol. The second-order valence-electron chi connectivity index (χ2n) is 6.80. The summed E-state index contributed by atoms with van der Waals surface area (Å²) in [5.74, 6) is 0.990. The largest absolute Gasteiger partial charge is 0.497 e. The fourth-order valence-electron chi connectivity index (χ4n) is 2.83. The number of piperazine rings is 1. The minimum absolute atomic E-state index is 0.154. The van der Waals surface area contributed by atoms with Gasteiger partial charge in [-0.05, 0) is 45.4 Å². The summed E-state index contributed by atoms with van der Waals surface area (Å²) in [5.41, 5.74) is 0.322. The van der Waals surface area contributed by atoms with Crippen LogP contribution in [0, 0.1) is 0 Å². The SMILES string of the molecule is COc1ccc(C(C)(C)C(=O)N2CCNCC2(C)C)cc1. The van der Waals surface area contributed by atoms with Crippen LogP contribution >= 0.6 is 0 Å². The number of nitrogens with one attached hydrogen (secondary N) is 1. The first-order valence-electron chi connectivity index (χ1n) is 7.46. The van der Waals surface area contributed by atoms with Gasteiger partial charge in [0.2, 0.25) is 5.91 Å². The average Bonchev–Trinajstić information content (AvgIpc) is 2.46. The fourth-order valence-corrected chi connectivity index (χ4v) is 2.83. The number of benzene rings is 1. The molecule has 2 rings (SSSR count). The van der Waals surface area contributed by atoms with E-state index in [2.05, 4.69) is 19.2 Å². The molecule has 116 valence electrons. The third kappa shape index (κ3) is 3.05. The Kier molecular flexibility index (Phi) is 4.28. The molecule has 1 heterocycles. The van der Waals surface area contributed by atoms with Gasteiger partial charge >= 0.3 is 0 Å². The molecule has 1 fully saturated rings. The number of methoxy groups -OCH3 is 1. The monoisotopic (exact) mass is 290 g/mol. The summed E-state index contributed by atoms with van der Waals surface area (Å²) in [6, 6.07) is 7.78. The molecule has 4 nitrogen and oxygen atoms in total. The van der Waals surface area contributed by atoms with E-state index in [1.807, 2.05) is 43.0 Å². The molecule has 1 N–H and O–H groups in total. The van der Waals surface area contributed by atoms with E-state index < -0.39 is 5.41 Å². The maximum atomic E-state index is 13.1. The van der Waals surface area contributed by atoms with Gasteiger partial charge in [-0.25, -0.2) is 0 Å². The van der Waals surface area contributed by atoms with Crippen molar-refractivity contribution in [2.75, 3.05) is 26.7 Å². The van der Waals surface area contributed by atoms with E-state index in [1.54, 1.807) is 7.11 Å². The van der Waals surface area contributed by atoms with E-state index in [-0.39, 0.29) is 11.4 Å². The molecular formula is C17H26N2O2. The molecule has 0 spiro atoms. The summed E-state index contributed by atoms with van der Waals surface area (Å²) >= 11 is 0. The van der Waals surface area contributed by atoms with Crippen molar-refractivity contribution in [2.45, 2.75) is 38.6 Å². The standard InChI is InChI=1S/C17H26N2O2/c1-16(2)12-18-10-11-19(16)15(20)17(3,4)13-6-8-14(21-5)9-7-13/h6-9,18H,10-12H2,1-5H3. The van der Waals surface area contributed by atoms with Crippen LogP contribution in [0.4, 0.5) is 0 Å². The zero-order chi connectivity index (χ0) is 15.7. The Bertz CT molecular complexity index is 506.